The maximum atomic E-state index is 3.34. The number of hydrogen-bond donors (Lipinski definition) is 0. The quantitative estimate of drug-likeness (QED) is 0.255. The second-order valence-corrected chi connectivity index (χ2v) is 23.5. The zero-order valence-corrected chi connectivity index (χ0v) is 35.6. The molecule has 0 radical (unpaired) electrons. The topological polar surface area (TPSA) is 3.24 Å². The molecule has 53 heavy (non-hydrogen) atoms. The summed E-state index contributed by atoms with van der Waals surface area (Å²) in [4.78, 5) is 5.23. The van der Waals surface area contributed by atoms with Gasteiger partial charge in [0, 0.05) is 33.9 Å². The van der Waals surface area contributed by atoms with E-state index < -0.39 is 0 Å². The van der Waals surface area contributed by atoms with Crippen LogP contribution in [0.1, 0.15) is 193 Å². The van der Waals surface area contributed by atoms with E-state index in [1.165, 1.54) is 122 Å². The molecular formula is C50H77NS2. The summed E-state index contributed by atoms with van der Waals surface area (Å²) in [6, 6.07) is 2.64. The van der Waals surface area contributed by atoms with Crippen molar-refractivity contribution in [3.63, 3.8) is 0 Å². The zero-order chi connectivity index (χ0) is 35.3. The summed E-state index contributed by atoms with van der Waals surface area (Å²) < 4.78 is 0. The monoisotopic (exact) mass is 756 g/mol. The minimum absolute atomic E-state index is 0.869. The lowest BCUT2D eigenvalue weighted by Crippen LogP contribution is -2.53. The molecule has 294 valence electrons. The van der Waals surface area contributed by atoms with Gasteiger partial charge in [-0.05, 0) is 213 Å². The summed E-state index contributed by atoms with van der Waals surface area (Å²) >= 11 is 4.98. The molecule has 10 aliphatic rings. The fourth-order valence-electron chi connectivity index (χ4n) is 15.8. The van der Waals surface area contributed by atoms with Crippen molar-refractivity contribution in [1.82, 2.24) is 4.90 Å². The first-order chi connectivity index (χ1) is 26.2. The first kappa shape index (κ1) is 37.2. The average molecular weight is 756 g/mol. The van der Waals surface area contributed by atoms with Crippen molar-refractivity contribution in [1.29, 1.82) is 0 Å². The highest BCUT2D eigenvalue weighted by molar-refractivity contribution is 8.04. The maximum absolute atomic E-state index is 3.34. The van der Waals surface area contributed by atoms with Crippen LogP contribution in [0, 0.1) is 47.3 Å². The molecule has 7 fully saturated rings. The van der Waals surface area contributed by atoms with E-state index in [4.69, 9.17) is 0 Å². The van der Waals surface area contributed by atoms with E-state index in [1.807, 2.05) is 16.1 Å². The van der Waals surface area contributed by atoms with Crippen LogP contribution in [0.15, 0.2) is 33.8 Å². The van der Waals surface area contributed by atoms with Crippen molar-refractivity contribution in [3.05, 3.63) is 33.8 Å². The molecule has 0 spiro atoms. The molecule has 0 aromatic heterocycles. The lowest BCUT2D eigenvalue weighted by molar-refractivity contribution is -0.00626. The number of hydrogen-bond acceptors (Lipinski definition) is 3. The van der Waals surface area contributed by atoms with Crippen molar-refractivity contribution in [2.45, 2.75) is 227 Å². The Bertz CT molecular complexity index is 1320. The first-order valence-electron chi connectivity index (χ1n) is 24.4. The number of nitrogens with zero attached hydrogens (tertiary/aromatic N) is 1. The molecule has 0 N–H and O–H groups in total. The predicted octanol–water partition coefficient (Wildman–Crippen LogP) is 14.5. The van der Waals surface area contributed by atoms with Gasteiger partial charge in [-0.3, -0.25) is 4.90 Å². The van der Waals surface area contributed by atoms with E-state index in [2.05, 4.69) is 47.5 Å². The van der Waals surface area contributed by atoms with Gasteiger partial charge in [-0.15, -0.1) is 11.8 Å². The number of rotatable bonds is 7. The highest BCUT2D eigenvalue weighted by Crippen LogP contribution is 2.60. The molecule has 8 unspecified atom stereocenters. The molecule has 10 rings (SSSR count). The van der Waals surface area contributed by atoms with Gasteiger partial charge in [0.05, 0.1) is 0 Å². The van der Waals surface area contributed by atoms with Gasteiger partial charge in [-0.1, -0.05) is 61.5 Å². The molecule has 6 saturated carbocycles. The Kier molecular flexibility index (Phi) is 11.7. The van der Waals surface area contributed by atoms with E-state index in [9.17, 15) is 0 Å². The summed E-state index contributed by atoms with van der Waals surface area (Å²) in [7, 11) is 0. The Morgan fingerprint density at radius 2 is 1.15 bits per heavy atom. The summed E-state index contributed by atoms with van der Waals surface area (Å²) in [6.07, 6.45) is 48.6. The molecule has 2 heterocycles. The highest BCUT2D eigenvalue weighted by atomic mass is 32.2. The standard InChI is InChI=1S/C50H77NS2/c1-2-33-17-19-34(20-18-33)35-21-27-38(28-22-35)51(39-29-23-36(24-30-39)41-11-7-13-45-43-9-3-5-15-47(43)52-49(41)45)40-31-25-37(26-32-40)42-12-8-14-46-44-10-4-6-16-48(44)53-50(42)46/h17,19,35-43,45-47,49-50H,2-16,18,20-32H2,1H3. The summed E-state index contributed by atoms with van der Waals surface area (Å²) in [5.41, 5.74) is 5.47. The largest absolute Gasteiger partial charge is 0.294 e. The van der Waals surface area contributed by atoms with Crippen molar-refractivity contribution in [2.75, 3.05) is 0 Å². The Morgan fingerprint density at radius 3 is 1.85 bits per heavy atom. The van der Waals surface area contributed by atoms with E-state index in [0.717, 1.165) is 81.2 Å². The second-order valence-electron chi connectivity index (χ2n) is 20.8. The van der Waals surface area contributed by atoms with Gasteiger partial charge >= 0.3 is 0 Å². The smallest absolute Gasteiger partial charge is 0.0188 e. The van der Waals surface area contributed by atoms with Gasteiger partial charge in [0.2, 0.25) is 0 Å². The molecule has 0 aromatic carbocycles. The SMILES string of the molecule is CCC1=CC=C(C2CCC(N(C3CCC(C4CCCC5C6=C(CCCC6)SC54)CC3)C3CCC(C4CCCC5C6CCCCC6SC45)CC3)CC2)CC1. The van der Waals surface area contributed by atoms with Crippen molar-refractivity contribution in [3.8, 4) is 0 Å². The molecule has 8 atom stereocenters. The van der Waals surface area contributed by atoms with E-state index in [0.29, 0.717) is 0 Å². The van der Waals surface area contributed by atoms with Crippen LogP contribution in [0.2, 0.25) is 0 Å². The van der Waals surface area contributed by atoms with Crippen molar-refractivity contribution in [2.24, 2.45) is 47.3 Å². The summed E-state index contributed by atoms with van der Waals surface area (Å²) in [6.45, 7) is 2.35. The normalized spacial score (nSPS) is 46.2. The zero-order valence-electron chi connectivity index (χ0n) is 34.0. The molecular weight excluding hydrogens is 679 g/mol. The van der Waals surface area contributed by atoms with E-state index in [1.54, 1.807) is 69.8 Å². The van der Waals surface area contributed by atoms with Gasteiger partial charge in [-0.2, -0.15) is 11.8 Å². The van der Waals surface area contributed by atoms with Gasteiger partial charge in [-0.25, -0.2) is 0 Å². The van der Waals surface area contributed by atoms with Crippen LogP contribution in [-0.2, 0) is 0 Å². The van der Waals surface area contributed by atoms with Crippen LogP contribution in [-0.4, -0.2) is 38.8 Å². The van der Waals surface area contributed by atoms with E-state index >= 15 is 0 Å². The Labute approximate surface area is 335 Å². The third-order valence-corrected chi connectivity index (χ3v) is 22.2. The van der Waals surface area contributed by atoms with Crippen molar-refractivity contribution >= 4 is 23.5 Å². The van der Waals surface area contributed by atoms with Gasteiger partial charge in [0.25, 0.3) is 0 Å². The fourth-order valence-corrected chi connectivity index (χ4v) is 20.2. The lowest BCUT2D eigenvalue weighted by atomic mass is 9.64. The van der Waals surface area contributed by atoms with Crippen molar-refractivity contribution < 1.29 is 0 Å². The molecule has 0 aromatic rings. The van der Waals surface area contributed by atoms with Gasteiger partial charge in [0.15, 0.2) is 0 Å². The van der Waals surface area contributed by atoms with Crippen LogP contribution in [0.5, 0.6) is 0 Å². The van der Waals surface area contributed by atoms with Crippen LogP contribution < -0.4 is 0 Å². The van der Waals surface area contributed by atoms with Crippen LogP contribution in [0.3, 0.4) is 0 Å². The predicted molar refractivity (Wildman–Crippen MR) is 230 cm³/mol. The third-order valence-electron chi connectivity index (χ3n) is 18.5. The molecule has 3 heteroatoms. The van der Waals surface area contributed by atoms with Crippen LogP contribution in [0.25, 0.3) is 0 Å². The Balaban J connectivity index is 0.809. The number of allylic oxidation sites excluding steroid dienone is 6. The summed E-state index contributed by atoms with van der Waals surface area (Å²) in [5.74, 6) is 8.19. The molecule has 1 nitrogen and oxygen atoms in total. The Hall–Kier alpha value is -0.120. The molecule has 0 bridgehead atoms. The minimum Gasteiger partial charge on any atom is -0.294 e. The highest BCUT2D eigenvalue weighted by Gasteiger charge is 2.51. The average Bonchev–Trinajstić information content (AvgIpc) is 3.81. The first-order valence-corrected chi connectivity index (χ1v) is 26.2. The van der Waals surface area contributed by atoms with Crippen LogP contribution in [0.4, 0.5) is 0 Å². The minimum atomic E-state index is 0.869. The second kappa shape index (κ2) is 16.6. The van der Waals surface area contributed by atoms with Gasteiger partial charge in [0.1, 0.15) is 0 Å². The fraction of sp³-hybridized carbons (Fsp3) is 0.880. The van der Waals surface area contributed by atoms with Gasteiger partial charge < -0.3 is 0 Å². The molecule has 1 saturated heterocycles. The van der Waals surface area contributed by atoms with Crippen LogP contribution >= 0.6 is 23.5 Å². The molecule has 0 amide bonds. The maximum Gasteiger partial charge on any atom is 0.0188 e. The Morgan fingerprint density at radius 1 is 0.528 bits per heavy atom. The van der Waals surface area contributed by atoms with E-state index in [-0.39, 0.29) is 0 Å². The molecule has 2 aliphatic heterocycles. The summed E-state index contributed by atoms with van der Waals surface area (Å²) in [5, 5.41) is 3.04. The third kappa shape index (κ3) is 7.42. The lowest BCUT2D eigenvalue weighted by Gasteiger charge is -2.51. The number of thioether (sulfide) groups is 2. The molecule has 8 aliphatic carbocycles. The number of fused-ring (bicyclic) bond motifs is 5.